The van der Waals surface area contributed by atoms with Gasteiger partial charge in [-0.3, -0.25) is 0 Å². The Morgan fingerprint density at radius 2 is 1.89 bits per heavy atom. The second-order valence-electron chi connectivity index (χ2n) is 4.87. The first-order valence-electron chi connectivity index (χ1n) is 5.53. The monoisotopic (exact) mass is 258 g/mol. The highest BCUT2D eigenvalue weighted by Crippen LogP contribution is 2.20. The number of ether oxygens (including phenoxy) is 2. The number of rotatable bonds is 3. The van der Waals surface area contributed by atoms with Crippen LogP contribution in [0.25, 0.3) is 0 Å². The molecule has 1 rings (SSSR count). The lowest BCUT2D eigenvalue weighted by Crippen LogP contribution is -2.33. The Morgan fingerprint density at radius 1 is 1.28 bits per heavy atom. The van der Waals surface area contributed by atoms with E-state index < -0.39 is 29.3 Å². The molecule has 5 heteroatoms. The van der Waals surface area contributed by atoms with Crippen molar-refractivity contribution in [1.82, 2.24) is 0 Å². The predicted molar refractivity (Wildman–Crippen MR) is 62.3 cm³/mol. The largest absolute Gasteiger partial charge is 0.476 e. The quantitative estimate of drug-likeness (QED) is 0.781. The molecule has 3 nitrogen and oxygen atoms in total. The Bertz CT molecular complexity index is 438. The highest BCUT2D eigenvalue weighted by Gasteiger charge is 2.23. The van der Waals surface area contributed by atoms with Crippen molar-refractivity contribution in [2.45, 2.75) is 39.4 Å². The highest BCUT2D eigenvalue weighted by molar-refractivity contribution is 5.75. The van der Waals surface area contributed by atoms with Gasteiger partial charge in [0.05, 0.1) is 0 Å². The van der Waals surface area contributed by atoms with Crippen molar-refractivity contribution in [3.05, 3.63) is 29.8 Å². The summed E-state index contributed by atoms with van der Waals surface area (Å²) in [6.45, 7) is 6.54. The van der Waals surface area contributed by atoms with Crippen LogP contribution in [0.2, 0.25) is 0 Å². The number of esters is 1. The van der Waals surface area contributed by atoms with Gasteiger partial charge in [0.25, 0.3) is 0 Å². The number of halogens is 2. The molecule has 1 unspecified atom stereocenters. The van der Waals surface area contributed by atoms with E-state index in [1.54, 1.807) is 20.8 Å². The molecule has 1 atom stereocenters. The van der Waals surface area contributed by atoms with Gasteiger partial charge in [0.15, 0.2) is 17.7 Å². The summed E-state index contributed by atoms with van der Waals surface area (Å²) >= 11 is 0. The van der Waals surface area contributed by atoms with Crippen LogP contribution in [0.4, 0.5) is 8.78 Å². The second-order valence-corrected chi connectivity index (χ2v) is 4.87. The van der Waals surface area contributed by atoms with Crippen molar-refractivity contribution in [2.24, 2.45) is 0 Å². The fourth-order valence-corrected chi connectivity index (χ4v) is 1.19. The van der Waals surface area contributed by atoms with E-state index in [9.17, 15) is 13.6 Å². The van der Waals surface area contributed by atoms with Crippen LogP contribution in [0, 0.1) is 11.6 Å². The normalized spacial score (nSPS) is 13.0. The zero-order chi connectivity index (χ0) is 13.9. The number of hydrogen-bond acceptors (Lipinski definition) is 3. The third-order valence-electron chi connectivity index (χ3n) is 1.94. The first-order valence-corrected chi connectivity index (χ1v) is 5.53. The standard InChI is InChI=1S/C13H16F2O3/c1-8(12(16)18-13(2,3)4)17-11-7-9(14)5-6-10(11)15/h5-8H,1-4H3. The molecule has 0 spiro atoms. The van der Waals surface area contributed by atoms with E-state index in [4.69, 9.17) is 9.47 Å². The molecule has 0 aliphatic carbocycles. The van der Waals surface area contributed by atoms with Gasteiger partial charge < -0.3 is 9.47 Å². The van der Waals surface area contributed by atoms with E-state index in [1.807, 2.05) is 0 Å². The minimum atomic E-state index is -1.01. The molecule has 1 aromatic carbocycles. The molecular formula is C13H16F2O3. The number of benzene rings is 1. The molecule has 18 heavy (non-hydrogen) atoms. The van der Waals surface area contributed by atoms with Gasteiger partial charge in [0.2, 0.25) is 0 Å². The summed E-state index contributed by atoms with van der Waals surface area (Å²) in [4.78, 5) is 11.6. The molecule has 0 bridgehead atoms. The van der Waals surface area contributed by atoms with Crippen LogP contribution in [0.15, 0.2) is 18.2 Å². The van der Waals surface area contributed by atoms with E-state index >= 15 is 0 Å². The highest BCUT2D eigenvalue weighted by atomic mass is 19.1. The Labute approximate surface area is 105 Å². The molecule has 0 heterocycles. The average molecular weight is 258 g/mol. The van der Waals surface area contributed by atoms with Gasteiger partial charge in [0, 0.05) is 6.07 Å². The average Bonchev–Trinajstić information content (AvgIpc) is 2.21. The van der Waals surface area contributed by atoms with Crippen molar-refractivity contribution in [3.63, 3.8) is 0 Å². The number of carbonyl (C=O) groups is 1. The molecule has 0 saturated heterocycles. The SMILES string of the molecule is CC(Oc1cc(F)ccc1F)C(=O)OC(C)(C)C. The third kappa shape index (κ3) is 4.31. The van der Waals surface area contributed by atoms with Crippen LogP contribution in [0.3, 0.4) is 0 Å². The van der Waals surface area contributed by atoms with Crippen LogP contribution in [0.1, 0.15) is 27.7 Å². The Hall–Kier alpha value is -1.65. The summed E-state index contributed by atoms with van der Waals surface area (Å²) in [7, 11) is 0. The lowest BCUT2D eigenvalue weighted by molar-refractivity contribution is -0.162. The predicted octanol–water partition coefficient (Wildman–Crippen LogP) is 3.07. The summed E-state index contributed by atoms with van der Waals surface area (Å²) in [5, 5.41) is 0. The molecule has 0 fully saturated rings. The molecule has 0 amide bonds. The molecular weight excluding hydrogens is 242 g/mol. The molecule has 0 radical (unpaired) electrons. The Morgan fingerprint density at radius 3 is 2.44 bits per heavy atom. The van der Waals surface area contributed by atoms with Gasteiger partial charge in [-0.2, -0.15) is 0 Å². The van der Waals surface area contributed by atoms with E-state index in [2.05, 4.69) is 0 Å². The van der Waals surface area contributed by atoms with Gasteiger partial charge in [-0.05, 0) is 39.8 Å². The maximum atomic E-state index is 13.3. The summed E-state index contributed by atoms with van der Waals surface area (Å²) in [6.07, 6.45) is -1.01. The zero-order valence-electron chi connectivity index (χ0n) is 10.8. The lowest BCUT2D eigenvalue weighted by atomic mass is 10.2. The van der Waals surface area contributed by atoms with Gasteiger partial charge in [-0.15, -0.1) is 0 Å². The summed E-state index contributed by atoms with van der Waals surface area (Å²) in [6, 6.07) is 2.79. The van der Waals surface area contributed by atoms with Crippen molar-refractivity contribution < 1.29 is 23.0 Å². The van der Waals surface area contributed by atoms with Crippen molar-refractivity contribution in [3.8, 4) is 5.75 Å². The summed E-state index contributed by atoms with van der Waals surface area (Å²) in [5.74, 6) is -2.31. The van der Waals surface area contributed by atoms with Crippen LogP contribution in [0.5, 0.6) is 5.75 Å². The van der Waals surface area contributed by atoms with Crippen LogP contribution in [-0.2, 0) is 9.53 Å². The first-order chi connectivity index (χ1) is 8.19. The molecule has 1 aromatic rings. The molecule has 0 aliphatic heterocycles. The maximum absolute atomic E-state index is 13.3. The Kier molecular flexibility index (Phi) is 4.27. The van der Waals surface area contributed by atoms with Crippen LogP contribution in [-0.4, -0.2) is 17.7 Å². The number of hydrogen-bond donors (Lipinski definition) is 0. The van der Waals surface area contributed by atoms with Crippen molar-refractivity contribution >= 4 is 5.97 Å². The van der Waals surface area contributed by atoms with E-state index in [1.165, 1.54) is 6.92 Å². The van der Waals surface area contributed by atoms with Gasteiger partial charge >= 0.3 is 5.97 Å². The molecule has 0 aliphatic rings. The molecule has 0 saturated carbocycles. The van der Waals surface area contributed by atoms with Crippen LogP contribution >= 0.6 is 0 Å². The molecule has 100 valence electrons. The van der Waals surface area contributed by atoms with E-state index in [-0.39, 0.29) is 5.75 Å². The Balaban J connectivity index is 2.72. The summed E-state index contributed by atoms with van der Waals surface area (Å²) in [5.41, 5.74) is -0.658. The fraction of sp³-hybridized carbons (Fsp3) is 0.462. The topological polar surface area (TPSA) is 35.5 Å². The maximum Gasteiger partial charge on any atom is 0.347 e. The van der Waals surface area contributed by atoms with Gasteiger partial charge in [-0.1, -0.05) is 0 Å². The number of carbonyl (C=O) groups excluding carboxylic acids is 1. The van der Waals surface area contributed by atoms with Crippen molar-refractivity contribution in [2.75, 3.05) is 0 Å². The van der Waals surface area contributed by atoms with Gasteiger partial charge in [-0.25, -0.2) is 13.6 Å². The molecule has 0 N–H and O–H groups in total. The minimum absolute atomic E-state index is 0.312. The molecule has 0 aromatic heterocycles. The first kappa shape index (κ1) is 14.4. The van der Waals surface area contributed by atoms with Gasteiger partial charge in [0.1, 0.15) is 11.4 Å². The lowest BCUT2D eigenvalue weighted by Gasteiger charge is -2.22. The van der Waals surface area contributed by atoms with E-state index in [0.717, 1.165) is 18.2 Å². The summed E-state index contributed by atoms with van der Waals surface area (Å²) < 4.78 is 36.3. The van der Waals surface area contributed by atoms with E-state index in [0.29, 0.717) is 0 Å². The fourth-order valence-electron chi connectivity index (χ4n) is 1.19. The smallest absolute Gasteiger partial charge is 0.347 e. The van der Waals surface area contributed by atoms with Crippen LogP contribution < -0.4 is 4.74 Å². The third-order valence-corrected chi connectivity index (χ3v) is 1.94. The second kappa shape index (κ2) is 5.33. The zero-order valence-corrected chi connectivity index (χ0v) is 10.8. The minimum Gasteiger partial charge on any atom is -0.476 e. The van der Waals surface area contributed by atoms with Crippen molar-refractivity contribution in [1.29, 1.82) is 0 Å².